The van der Waals surface area contributed by atoms with Crippen LogP contribution in [0.5, 0.6) is 5.75 Å². The zero-order chi connectivity index (χ0) is 12.1. The van der Waals surface area contributed by atoms with Gasteiger partial charge in [0.25, 0.3) is 5.22 Å². The number of nitrogens with two attached hydrogens (primary N) is 1. The van der Waals surface area contributed by atoms with Crippen molar-refractivity contribution < 1.29 is 9.15 Å². The molecule has 17 heavy (non-hydrogen) atoms. The number of oxazole rings is 1. The molecule has 5 heteroatoms. The number of hydrogen-bond donors (Lipinski definition) is 1. The average Bonchev–Trinajstić information content (AvgIpc) is 2.89. The van der Waals surface area contributed by atoms with Crippen LogP contribution in [0.4, 0.5) is 0 Å². The smallest absolute Gasteiger partial charge is 0.256 e. The van der Waals surface area contributed by atoms with E-state index in [0.717, 1.165) is 11.3 Å². The van der Waals surface area contributed by atoms with Crippen molar-refractivity contribution in [3.8, 4) is 5.75 Å². The van der Waals surface area contributed by atoms with E-state index >= 15 is 0 Å². The van der Waals surface area contributed by atoms with Crippen LogP contribution >= 0.6 is 11.8 Å². The predicted molar refractivity (Wildman–Crippen MR) is 67.1 cm³/mol. The van der Waals surface area contributed by atoms with Crippen molar-refractivity contribution in [1.82, 2.24) is 4.98 Å². The maximum atomic E-state index is 5.77. The van der Waals surface area contributed by atoms with Crippen LogP contribution in [-0.2, 0) is 0 Å². The van der Waals surface area contributed by atoms with E-state index in [1.165, 1.54) is 11.8 Å². The molecule has 0 aliphatic rings. The standard InChI is InChI=1S/C12H14N2O2S/c1-15-10-4-2-9(3-5-10)11(8-13)17-12-14-6-7-16-12/h2-7,11H,8,13H2,1H3. The molecule has 0 amide bonds. The fraction of sp³-hybridized carbons (Fsp3) is 0.250. The Kier molecular flexibility index (Phi) is 4.06. The van der Waals surface area contributed by atoms with Crippen molar-refractivity contribution in [3.63, 3.8) is 0 Å². The van der Waals surface area contributed by atoms with Crippen molar-refractivity contribution >= 4 is 11.8 Å². The summed E-state index contributed by atoms with van der Waals surface area (Å²) in [4.78, 5) is 4.08. The molecule has 1 heterocycles. The topological polar surface area (TPSA) is 61.3 Å². The molecule has 1 aromatic carbocycles. The quantitative estimate of drug-likeness (QED) is 0.826. The van der Waals surface area contributed by atoms with Crippen molar-refractivity contribution in [2.45, 2.75) is 10.5 Å². The van der Waals surface area contributed by atoms with Crippen LogP contribution in [0.3, 0.4) is 0 Å². The molecule has 0 spiro atoms. The van der Waals surface area contributed by atoms with Gasteiger partial charge in [-0.3, -0.25) is 0 Å². The molecule has 0 fully saturated rings. The number of aromatic nitrogens is 1. The van der Waals surface area contributed by atoms with Gasteiger partial charge in [-0.15, -0.1) is 0 Å². The first kappa shape index (κ1) is 12.0. The van der Waals surface area contributed by atoms with Gasteiger partial charge < -0.3 is 14.9 Å². The van der Waals surface area contributed by atoms with Crippen LogP contribution in [0.15, 0.2) is 46.4 Å². The summed E-state index contributed by atoms with van der Waals surface area (Å²) in [6, 6.07) is 7.86. The molecule has 90 valence electrons. The molecule has 1 atom stereocenters. The van der Waals surface area contributed by atoms with E-state index in [9.17, 15) is 0 Å². The summed E-state index contributed by atoms with van der Waals surface area (Å²) in [5.41, 5.74) is 6.91. The number of nitrogens with zero attached hydrogens (tertiary/aromatic N) is 1. The highest BCUT2D eigenvalue weighted by Gasteiger charge is 2.13. The second kappa shape index (κ2) is 5.75. The van der Waals surface area contributed by atoms with Crippen LogP contribution in [0.1, 0.15) is 10.8 Å². The van der Waals surface area contributed by atoms with E-state index in [4.69, 9.17) is 14.9 Å². The highest BCUT2D eigenvalue weighted by molar-refractivity contribution is 7.99. The van der Waals surface area contributed by atoms with E-state index in [0.29, 0.717) is 11.8 Å². The number of thioether (sulfide) groups is 1. The van der Waals surface area contributed by atoms with E-state index in [1.807, 2.05) is 24.3 Å². The van der Waals surface area contributed by atoms with Crippen molar-refractivity contribution in [1.29, 1.82) is 0 Å². The Morgan fingerprint density at radius 3 is 2.71 bits per heavy atom. The molecule has 1 aromatic heterocycles. The van der Waals surface area contributed by atoms with Gasteiger partial charge in [0, 0.05) is 6.54 Å². The fourth-order valence-corrected chi connectivity index (χ4v) is 2.33. The first-order valence-electron chi connectivity index (χ1n) is 5.23. The average molecular weight is 250 g/mol. The van der Waals surface area contributed by atoms with E-state index in [2.05, 4.69) is 4.98 Å². The fourth-order valence-electron chi connectivity index (χ4n) is 1.46. The van der Waals surface area contributed by atoms with Crippen LogP contribution in [0.2, 0.25) is 0 Å². The minimum atomic E-state index is 0.138. The lowest BCUT2D eigenvalue weighted by molar-refractivity contribution is 0.414. The van der Waals surface area contributed by atoms with Gasteiger partial charge in [0.2, 0.25) is 0 Å². The van der Waals surface area contributed by atoms with Gasteiger partial charge in [0.05, 0.1) is 18.6 Å². The summed E-state index contributed by atoms with van der Waals surface area (Å²) in [6.45, 7) is 0.527. The van der Waals surface area contributed by atoms with Crippen LogP contribution < -0.4 is 10.5 Å². The predicted octanol–water partition coefficient (Wildman–Crippen LogP) is 2.48. The molecule has 0 aliphatic carbocycles. The summed E-state index contributed by atoms with van der Waals surface area (Å²) in [5.74, 6) is 0.839. The van der Waals surface area contributed by atoms with Gasteiger partial charge in [0.1, 0.15) is 12.0 Å². The third-order valence-electron chi connectivity index (χ3n) is 2.35. The Morgan fingerprint density at radius 2 is 2.18 bits per heavy atom. The molecular formula is C12H14N2O2S. The van der Waals surface area contributed by atoms with E-state index in [-0.39, 0.29) is 5.25 Å². The zero-order valence-electron chi connectivity index (χ0n) is 9.50. The molecule has 0 saturated heterocycles. The molecular weight excluding hydrogens is 236 g/mol. The first-order chi connectivity index (χ1) is 8.33. The summed E-state index contributed by atoms with van der Waals surface area (Å²) in [5, 5.41) is 0.774. The number of ether oxygens (including phenoxy) is 1. The summed E-state index contributed by atoms with van der Waals surface area (Å²) >= 11 is 1.52. The van der Waals surface area contributed by atoms with Gasteiger partial charge in [0.15, 0.2) is 0 Å². The zero-order valence-corrected chi connectivity index (χ0v) is 10.3. The van der Waals surface area contributed by atoms with Crippen LogP contribution in [0, 0.1) is 0 Å². The lowest BCUT2D eigenvalue weighted by Gasteiger charge is -2.12. The van der Waals surface area contributed by atoms with Gasteiger partial charge in [-0.05, 0) is 17.7 Å². The molecule has 4 nitrogen and oxygen atoms in total. The maximum Gasteiger partial charge on any atom is 0.256 e. The Labute approximate surface area is 104 Å². The Balaban J connectivity index is 2.11. The number of benzene rings is 1. The largest absolute Gasteiger partial charge is 0.497 e. The van der Waals surface area contributed by atoms with Crippen molar-refractivity contribution in [2.24, 2.45) is 5.73 Å². The molecule has 0 radical (unpaired) electrons. The molecule has 0 aliphatic heterocycles. The second-order valence-electron chi connectivity index (χ2n) is 3.41. The second-order valence-corrected chi connectivity index (χ2v) is 4.57. The lowest BCUT2D eigenvalue weighted by Crippen LogP contribution is -2.09. The molecule has 1 unspecified atom stereocenters. The molecule has 0 bridgehead atoms. The summed E-state index contributed by atoms with van der Waals surface area (Å²) < 4.78 is 10.3. The number of hydrogen-bond acceptors (Lipinski definition) is 5. The Hall–Kier alpha value is -1.46. The minimum absolute atomic E-state index is 0.138. The Morgan fingerprint density at radius 1 is 1.41 bits per heavy atom. The van der Waals surface area contributed by atoms with Gasteiger partial charge in [-0.2, -0.15) is 0 Å². The highest BCUT2D eigenvalue weighted by Crippen LogP contribution is 2.33. The molecule has 2 aromatic rings. The lowest BCUT2D eigenvalue weighted by atomic mass is 10.1. The Bertz CT molecular complexity index is 442. The number of methoxy groups -OCH3 is 1. The molecule has 0 saturated carbocycles. The minimum Gasteiger partial charge on any atom is -0.497 e. The third kappa shape index (κ3) is 3.01. The summed E-state index contributed by atoms with van der Waals surface area (Å²) in [7, 11) is 1.65. The third-order valence-corrected chi connectivity index (χ3v) is 3.51. The monoisotopic (exact) mass is 250 g/mol. The van der Waals surface area contributed by atoms with Gasteiger partial charge in [-0.1, -0.05) is 23.9 Å². The van der Waals surface area contributed by atoms with Crippen LogP contribution in [0.25, 0.3) is 0 Å². The van der Waals surface area contributed by atoms with Crippen molar-refractivity contribution in [2.75, 3.05) is 13.7 Å². The number of rotatable bonds is 5. The van der Waals surface area contributed by atoms with Crippen molar-refractivity contribution in [3.05, 3.63) is 42.3 Å². The molecule has 2 rings (SSSR count). The van der Waals surface area contributed by atoms with Gasteiger partial charge in [-0.25, -0.2) is 4.98 Å². The summed E-state index contributed by atoms with van der Waals surface area (Å²) in [6.07, 6.45) is 3.19. The normalized spacial score (nSPS) is 12.4. The maximum absolute atomic E-state index is 5.77. The first-order valence-corrected chi connectivity index (χ1v) is 6.11. The SMILES string of the molecule is COc1ccc(C(CN)Sc2ncco2)cc1. The molecule has 2 N–H and O–H groups in total. The van der Waals surface area contributed by atoms with Crippen LogP contribution in [-0.4, -0.2) is 18.6 Å². The van der Waals surface area contributed by atoms with E-state index in [1.54, 1.807) is 19.6 Å². The highest BCUT2D eigenvalue weighted by atomic mass is 32.2. The van der Waals surface area contributed by atoms with Gasteiger partial charge >= 0.3 is 0 Å². The van der Waals surface area contributed by atoms with E-state index < -0.39 is 0 Å².